The Hall–Kier alpha value is -2.11. The van der Waals surface area contributed by atoms with E-state index in [1.165, 1.54) is 180 Å². The lowest BCUT2D eigenvalue weighted by Gasteiger charge is -2.18. The van der Waals surface area contributed by atoms with Crippen molar-refractivity contribution in [3.8, 4) is 0 Å². The minimum Gasteiger partial charge on any atom is -0.462 e. The van der Waals surface area contributed by atoms with Gasteiger partial charge in [0.15, 0.2) is 6.10 Å². The zero-order valence-electron chi connectivity index (χ0n) is 40.9. The van der Waals surface area contributed by atoms with Crippen LogP contribution >= 0.6 is 0 Å². The van der Waals surface area contributed by atoms with Crippen molar-refractivity contribution < 1.29 is 28.6 Å². The summed E-state index contributed by atoms with van der Waals surface area (Å²) in [7, 11) is 0. The van der Waals surface area contributed by atoms with E-state index in [9.17, 15) is 14.4 Å². The molecule has 0 rings (SSSR count). The first kappa shape index (κ1) is 58.9. The van der Waals surface area contributed by atoms with Gasteiger partial charge in [0.2, 0.25) is 0 Å². The number of hydrogen-bond donors (Lipinski definition) is 0. The van der Waals surface area contributed by atoms with E-state index in [0.717, 1.165) is 70.6 Å². The molecule has 0 spiro atoms. The van der Waals surface area contributed by atoms with E-state index in [4.69, 9.17) is 14.2 Å². The summed E-state index contributed by atoms with van der Waals surface area (Å²) in [4.78, 5) is 38.0. The smallest absolute Gasteiger partial charge is 0.306 e. The number of esters is 3. The second kappa shape index (κ2) is 50.5. The molecule has 61 heavy (non-hydrogen) atoms. The summed E-state index contributed by atoms with van der Waals surface area (Å²) in [6.45, 7) is 6.64. The molecule has 0 aromatic heterocycles. The third kappa shape index (κ3) is 48.8. The molecule has 1 unspecified atom stereocenters. The van der Waals surface area contributed by atoms with E-state index in [1.54, 1.807) is 0 Å². The average Bonchev–Trinajstić information content (AvgIpc) is 3.26. The van der Waals surface area contributed by atoms with Crippen LogP contribution in [0.4, 0.5) is 0 Å². The molecule has 0 saturated carbocycles. The highest BCUT2D eigenvalue weighted by molar-refractivity contribution is 5.71. The second-order valence-electron chi connectivity index (χ2n) is 18.1. The molecule has 0 aliphatic carbocycles. The molecule has 358 valence electrons. The number of carbonyl (C=O) groups excluding carboxylic acids is 3. The van der Waals surface area contributed by atoms with Gasteiger partial charge in [0, 0.05) is 19.3 Å². The van der Waals surface area contributed by atoms with Gasteiger partial charge >= 0.3 is 17.9 Å². The zero-order valence-corrected chi connectivity index (χ0v) is 40.9. The van der Waals surface area contributed by atoms with E-state index in [0.29, 0.717) is 19.3 Å². The monoisotopic (exact) mass is 877 g/mol. The standard InChI is InChI=1S/C55H102O6/c1-4-7-10-13-16-19-22-25-27-30-33-36-39-42-45-48-54(57)60-51-52(50-59-53(56)47-44-41-38-35-32-29-24-21-18-15-12-9-6-3)61-55(58)49-46-43-40-37-34-31-28-26-23-20-17-14-11-8-5-2/h25-28,52H,4-24,29-51H2,1-3H3/b27-25+,28-26+/i2+1,5+1,8+1,11+1,14+1,17+1,20+1,23+1,26+1,28+1,31+1,34+1,37+1,40+1,43+1,46+1,49+1,55+1. The van der Waals surface area contributed by atoms with Crippen LogP contribution in [0.25, 0.3) is 0 Å². The maximum Gasteiger partial charge on any atom is 0.306 e. The van der Waals surface area contributed by atoms with Crippen LogP contribution in [-0.4, -0.2) is 37.2 Å². The molecule has 0 heterocycles. The summed E-state index contributed by atoms with van der Waals surface area (Å²) in [5, 5.41) is 0. The van der Waals surface area contributed by atoms with Crippen LogP contribution in [-0.2, 0) is 28.6 Å². The fraction of sp³-hybridized carbons (Fsp3) is 0.873. The molecule has 0 aliphatic heterocycles. The van der Waals surface area contributed by atoms with Crippen molar-refractivity contribution in [2.24, 2.45) is 0 Å². The third-order valence-corrected chi connectivity index (χ3v) is 11.9. The summed E-state index contributed by atoms with van der Waals surface area (Å²) in [6.07, 6.45) is 57.3. The summed E-state index contributed by atoms with van der Waals surface area (Å²) in [6, 6.07) is 0. The van der Waals surface area contributed by atoms with Gasteiger partial charge in [-0.15, -0.1) is 0 Å². The van der Waals surface area contributed by atoms with Crippen LogP contribution in [0.3, 0.4) is 0 Å². The van der Waals surface area contributed by atoms with E-state index < -0.39 is 6.10 Å². The first-order valence-corrected chi connectivity index (χ1v) is 26.8. The number of rotatable bonds is 49. The van der Waals surface area contributed by atoms with Crippen molar-refractivity contribution in [2.75, 3.05) is 13.2 Å². The Balaban J connectivity index is 4.37. The Bertz CT molecular complexity index is 989. The van der Waals surface area contributed by atoms with Gasteiger partial charge in [0.05, 0.1) is 0 Å². The summed E-state index contributed by atoms with van der Waals surface area (Å²) in [5.74, 6) is -0.876. The minimum absolute atomic E-state index is 0.0733. The van der Waals surface area contributed by atoms with E-state index in [2.05, 4.69) is 45.1 Å². The van der Waals surface area contributed by atoms with E-state index >= 15 is 0 Å². The highest BCUT2D eigenvalue weighted by atomic mass is 16.7. The van der Waals surface area contributed by atoms with E-state index in [1.807, 2.05) is 0 Å². The first-order valence-electron chi connectivity index (χ1n) is 26.8. The molecule has 1 atom stereocenters. The Morgan fingerprint density at radius 1 is 0.311 bits per heavy atom. The highest BCUT2D eigenvalue weighted by Crippen LogP contribution is 2.15. The molecule has 0 amide bonds. The number of allylic oxidation sites excluding steroid dienone is 4. The highest BCUT2D eigenvalue weighted by Gasteiger charge is 2.19. The van der Waals surface area contributed by atoms with Crippen LogP contribution in [0, 0.1) is 0 Å². The Labute approximate surface area is 379 Å². The van der Waals surface area contributed by atoms with Gasteiger partial charge in [0.25, 0.3) is 0 Å². The number of carbonyl (C=O) groups is 3. The minimum atomic E-state index is -0.774. The maximum atomic E-state index is 12.8. The number of ether oxygens (including phenoxy) is 3. The number of hydrogen-bond acceptors (Lipinski definition) is 6. The molecule has 0 aromatic rings. The normalized spacial score (nSPS) is 12.1. The van der Waals surface area contributed by atoms with Crippen LogP contribution in [0.2, 0.25) is 0 Å². The lowest BCUT2D eigenvalue weighted by molar-refractivity contribution is -0.167. The van der Waals surface area contributed by atoms with Crippen LogP contribution in [0.15, 0.2) is 24.3 Å². The molecule has 0 aliphatic rings. The van der Waals surface area contributed by atoms with Crippen LogP contribution in [0.5, 0.6) is 0 Å². The molecule has 6 nitrogen and oxygen atoms in total. The summed E-state index contributed by atoms with van der Waals surface area (Å²) in [5.41, 5.74) is 0. The molecular formula is C55H102O6. The van der Waals surface area contributed by atoms with Crippen molar-refractivity contribution in [3.05, 3.63) is 24.3 Å². The molecule has 0 fully saturated rings. The largest absolute Gasteiger partial charge is 0.462 e. The van der Waals surface area contributed by atoms with Gasteiger partial charge in [-0.1, -0.05) is 225 Å². The van der Waals surface area contributed by atoms with Gasteiger partial charge < -0.3 is 14.2 Å². The Morgan fingerprint density at radius 2 is 0.541 bits per heavy atom. The summed E-state index contributed by atoms with van der Waals surface area (Å²) >= 11 is 0. The third-order valence-electron chi connectivity index (χ3n) is 11.9. The maximum absolute atomic E-state index is 12.8. The van der Waals surface area contributed by atoms with E-state index in [-0.39, 0.29) is 31.1 Å². The Kier molecular flexibility index (Phi) is 48.8. The fourth-order valence-electron chi connectivity index (χ4n) is 7.84. The van der Waals surface area contributed by atoms with Gasteiger partial charge in [-0.25, -0.2) is 0 Å². The van der Waals surface area contributed by atoms with Gasteiger partial charge in [-0.2, -0.15) is 0 Å². The lowest BCUT2D eigenvalue weighted by atomic mass is 10.0. The molecule has 0 aromatic carbocycles. The zero-order chi connectivity index (χ0) is 44.4. The molecule has 0 saturated heterocycles. The average molecular weight is 877 g/mol. The van der Waals surface area contributed by atoms with Crippen molar-refractivity contribution >= 4 is 17.9 Å². The van der Waals surface area contributed by atoms with Gasteiger partial charge in [-0.05, 0) is 70.6 Å². The quantitative estimate of drug-likeness (QED) is 0.0199. The molecule has 0 bridgehead atoms. The van der Waals surface area contributed by atoms with Crippen molar-refractivity contribution in [1.82, 2.24) is 0 Å². The van der Waals surface area contributed by atoms with Crippen LogP contribution < -0.4 is 0 Å². The van der Waals surface area contributed by atoms with Crippen LogP contribution in [0.1, 0.15) is 290 Å². The van der Waals surface area contributed by atoms with Gasteiger partial charge in [0.1, 0.15) is 13.2 Å². The first-order chi connectivity index (χ1) is 30.0. The van der Waals surface area contributed by atoms with Crippen molar-refractivity contribution in [3.63, 3.8) is 0 Å². The fourth-order valence-corrected chi connectivity index (χ4v) is 7.84. The predicted molar refractivity (Wildman–Crippen MR) is 261 cm³/mol. The summed E-state index contributed by atoms with van der Waals surface area (Å²) < 4.78 is 16.8. The Morgan fingerprint density at radius 3 is 0.820 bits per heavy atom. The molecular weight excluding hydrogens is 774 g/mol. The lowest BCUT2D eigenvalue weighted by Crippen LogP contribution is -2.30. The molecule has 0 radical (unpaired) electrons. The topological polar surface area (TPSA) is 78.9 Å². The predicted octanol–water partition coefficient (Wildman–Crippen LogP) is 17.5. The molecule has 0 N–H and O–H groups in total. The molecule has 6 heteroatoms. The van der Waals surface area contributed by atoms with Crippen molar-refractivity contribution in [2.45, 2.75) is 297 Å². The van der Waals surface area contributed by atoms with Crippen molar-refractivity contribution in [1.29, 1.82) is 0 Å². The van der Waals surface area contributed by atoms with Gasteiger partial charge in [-0.3, -0.25) is 14.4 Å². The second-order valence-corrected chi connectivity index (χ2v) is 18.1. The SMILES string of the molecule is CCCCCCCC/C=C/CCCCCCCC(=O)OCC(COC(=O)CCCCCCCCCCCCCCC)O[13C](=O)[13CH2][13CH2][13CH2][13CH2][13CH2][13CH2][13CH2]/[13CH]=[13CH]/[13CH2][13CH2][13CH2][13CH2][13CH2][13CH2][13CH2][13CH3]. The number of unbranched alkanes of at least 4 members (excludes halogenated alkanes) is 34.